The van der Waals surface area contributed by atoms with E-state index in [4.69, 9.17) is 9.47 Å². The van der Waals surface area contributed by atoms with Crippen LogP contribution in [-0.4, -0.2) is 68.1 Å². The predicted octanol–water partition coefficient (Wildman–Crippen LogP) is 2.22. The fourth-order valence-electron chi connectivity index (χ4n) is 4.00. The Morgan fingerprint density at radius 1 is 1.03 bits per heavy atom. The molecule has 8 nitrogen and oxygen atoms in total. The maximum absolute atomic E-state index is 14.0. The highest BCUT2D eigenvalue weighted by atomic mass is 19.1. The van der Waals surface area contributed by atoms with Crippen LogP contribution in [0.25, 0.3) is 0 Å². The number of esters is 1. The molecule has 9 heteroatoms. The molecule has 2 aromatic carbocycles. The zero-order chi connectivity index (χ0) is 23.4. The number of benzene rings is 2. The molecule has 2 heterocycles. The van der Waals surface area contributed by atoms with Crippen LogP contribution in [0.1, 0.15) is 13.3 Å². The van der Waals surface area contributed by atoms with Crippen molar-refractivity contribution in [3.8, 4) is 5.75 Å². The zero-order valence-electron chi connectivity index (χ0n) is 18.4. The largest absolute Gasteiger partial charge is 0.479 e. The number of hydrogen-bond acceptors (Lipinski definition) is 6. The second kappa shape index (κ2) is 9.89. The summed E-state index contributed by atoms with van der Waals surface area (Å²) in [5, 5.41) is 0. The molecular formula is C24H26FN3O5. The summed E-state index contributed by atoms with van der Waals surface area (Å²) in [5.74, 6) is -0.786. The molecule has 1 unspecified atom stereocenters. The Labute approximate surface area is 191 Å². The molecular weight excluding hydrogens is 429 g/mol. The number of halogens is 1. The molecule has 0 N–H and O–H groups in total. The third-order valence-corrected chi connectivity index (χ3v) is 5.80. The molecule has 2 aliphatic heterocycles. The lowest BCUT2D eigenvalue weighted by Crippen LogP contribution is -2.50. The van der Waals surface area contributed by atoms with Gasteiger partial charge in [0, 0.05) is 32.7 Å². The molecule has 33 heavy (non-hydrogen) atoms. The van der Waals surface area contributed by atoms with Gasteiger partial charge in [-0.15, -0.1) is 0 Å². The van der Waals surface area contributed by atoms with E-state index in [1.54, 1.807) is 48.2 Å². The summed E-state index contributed by atoms with van der Waals surface area (Å²) < 4.78 is 24.7. The molecule has 0 radical (unpaired) electrons. The summed E-state index contributed by atoms with van der Waals surface area (Å²) in [6, 6.07) is 13.7. The van der Waals surface area contributed by atoms with E-state index >= 15 is 0 Å². The van der Waals surface area contributed by atoms with Gasteiger partial charge in [0.15, 0.2) is 12.7 Å². The molecule has 0 bridgehead atoms. The molecule has 2 aromatic rings. The number of fused-ring (bicyclic) bond motifs is 1. The normalized spacial score (nSPS) is 17.9. The van der Waals surface area contributed by atoms with Gasteiger partial charge in [0.2, 0.25) is 0 Å². The van der Waals surface area contributed by atoms with E-state index in [1.165, 1.54) is 11.0 Å². The number of ether oxygens (including phenoxy) is 2. The van der Waals surface area contributed by atoms with Crippen molar-refractivity contribution in [2.45, 2.75) is 19.4 Å². The average Bonchev–Trinajstić information content (AvgIpc) is 2.83. The van der Waals surface area contributed by atoms with E-state index < -0.39 is 12.1 Å². The zero-order valence-corrected chi connectivity index (χ0v) is 18.4. The molecule has 2 amide bonds. The molecule has 0 saturated carbocycles. The van der Waals surface area contributed by atoms with Gasteiger partial charge >= 0.3 is 5.97 Å². The minimum atomic E-state index is -0.638. The van der Waals surface area contributed by atoms with Crippen LogP contribution in [0.15, 0.2) is 48.5 Å². The lowest BCUT2D eigenvalue weighted by Gasteiger charge is -2.36. The monoisotopic (exact) mass is 455 g/mol. The van der Waals surface area contributed by atoms with Crippen molar-refractivity contribution in [1.29, 1.82) is 0 Å². The van der Waals surface area contributed by atoms with Gasteiger partial charge in [-0.3, -0.25) is 14.4 Å². The van der Waals surface area contributed by atoms with Crippen molar-refractivity contribution in [2.24, 2.45) is 0 Å². The smallest absolute Gasteiger partial charge is 0.308 e. The second-order valence-corrected chi connectivity index (χ2v) is 7.95. The van der Waals surface area contributed by atoms with Crippen LogP contribution in [0.3, 0.4) is 0 Å². The van der Waals surface area contributed by atoms with Gasteiger partial charge in [-0.2, -0.15) is 0 Å². The number of carbonyl (C=O) groups is 3. The molecule has 1 saturated heterocycles. The van der Waals surface area contributed by atoms with Gasteiger partial charge in [0.05, 0.1) is 17.8 Å². The van der Waals surface area contributed by atoms with Crippen LogP contribution >= 0.6 is 0 Å². The minimum absolute atomic E-state index is 0.0405. The Hall–Kier alpha value is -3.62. The first-order valence-corrected chi connectivity index (χ1v) is 10.9. The summed E-state index contributed by atoms with van der Waals surface area (Å²) in [6.07, 6.45) is -0.679. The Morgan fingerprint density at radius 3 is 2.42 bits per heavy atom. The topological polar surface area (TPSA) is 79.4 Å². The molecule has 1 atom stereocenters. The van der Waals surface area contributed by atoms with Crippen molar-refractivity contribution in [3.05, 3.63) is 54.3 Å². The van der Waals surface area contributed by atoms with Crippen molar-refractivity contribution in [3.63, 3.8) is 0 Å². The van der Waals surface area contributed by atoms with Gasteiger partial charge in [-0.25, -0.2) is 4.39 Å². The number of anilines is 2. The van der Waals surface area contributed by atoms with Crippen molar-refractivity contribution >= 4 is 29.2 Å². The maximum Gasteiger partial charge on any atom is 0.308 e. The van der Waals surface area contributed by atoms with Crippen LogP contribution in [-0.2, 0) is 19.1 Å². The summed E-state index contributed by atoms with van der Waals surface area (Å²) in [6.45, 7) is 3.27. The number of rotatable bonds is 6. The molecule has 0 aromatic heterocycles. The number of piperazine rings is 1. The maximum atomic E-state index is 14.0. The van der Waals surface area contributed by atoms with Crippen LogP contribution in [0, 0.1) is 5.82 Å². The van der Waals surface area contributed by atoms with E-state index in [2.05, 4.69) is 0 Å². The Kier molecular flexibility index (Phi) is 6.76. The highest BCUT2D eigenvalue weighted by Gasteiger charge is 2.31. The first kappa shape index (κ1) is 22.6. The van der Waals surface area contributed by atoms with Crippen molar-refractivity contribution in [1.82, 2.24) is 4.90 Å². The predicted molar refractivity (Wildman–Crippen MR) is 120 cm³/mol. The lowest BCUT2D eigenvalue weighted by molar-refractivity contribution is -0.152. The number of para-hydroxylation sites is 3. The molecule has 1 fully saturated rings. The first-order chi connectivity index (χ1) is 15.9. The van der Waals surface area contributed by atoms with Crippen LogP contribution in [0.2, 0.25) is 0 Å². The third-order valence-electron chi connectivity index (χ3n) is 5.80. The van der Waals surface area contributed by atoms with Gasteiger partial charge in [0.25, 0.3) is 11.8 Å². The lowest BCUT2D eigenvalue weighted by atomic mass is 10.2. The van der Waals surface area contributed by atoms with E-state index in [0.717, 1.165) is 0 Å². The van der Waals surface area contributed by atoms with Crippen LogP contribution in [0.4, 0.5) is 15.8 Å². The van der Waals surface area contributed by atoms with Crippen molar-refractivity contribution in [2.75, 3.05) is 49.1 Å². The highest BCUT2D eigenvalue weighted by molar-refractivity contribution is 6.00. The number of hydrogen-bond donors (Lipinski definition) is 0. The quantitative estimate of drug-likeness (QED) is 0.622. The van der Waals surface area contributed by atoms with E-state index in [1.807, 2.05) is 11.0 Å². The van der Waals surface area contributed by atoms with Crippen molar-refractivity contribution < 1.29 is 28.2 Å². The third kappa shape index (κ3) is 5.08. The fraction of sp³-hybridized carbons (Fsp3) is 0.375. The number of nitrogens with zero attached hydrogens (tertiary/aromatic N) is 3. The minimum Gasteiger partial charge on any atom is -0.479 e. The Balaban J connectivity index is 1.23. The van der Waals surface area contributed by atoms with Crippen LogP contribution < -0.4 is 14.5 Å². The van der Waals surface area contributed by atoms with Gasteiger partial charge in [-0.1, -0.05) is 24.3 Å². The second-order valence-electron chi connectivity index (χ2n) is 7.95. The van der Waals surface area contributed by atoms with Gasteiger partial charge in [-0.05, 0) is 31.2 Å². The molecule has 0 spiro atoms. The summed E-state index contributed by atoms with van der Waals surface area (Å²) in [7, 11) is 0. The summed E-state index contributed by atoms with van der Waals surface area (Å²) in [4.78, 5) is 42.2. The molecule has 2 aliphatic rings. The highest BCUT2D eigenvalue weighted by Crippen LogP contribution is 2.33. The van der Waals surface area contributed by atoms with E-state index in [0.29, 0.717) is 43.3 Å². The Bertz CT molecular complexity index is 1040. The SMILES string of the molecule is CC1Oc2ccccc2N(CCC(=O)OCC(=O)N2CCN(c3ccccc3F)CC2)C1=O. The summed E-state index contributed by atoms with van der Waals surface area (Å²) in [5.41, 5.74) is 1.13. The Morgan fingerprint density at radius 2 is 1.70 bits per heavy atom. The molecule has 0 aliphatic carbocycles. The number of carbonyl (C=O) groups excluding carboxylic acids is 3. The van der Waals surface area contributed by atoms with Gasteiger partial charge < -0.3 is 24.2 Å². The average molecular weight is 455 g/mol. The fourth-order valence-corrected chi connectivity index (χ4v) is 4.00. The number of amides is 2. The molecule has 4 rings (SSSR count). The standard InChI is InChI=1S/C24H26FN3O5/c1-17-24(31)28(20-8-4-5-9-21(20)33-17)11-10-23(30)32-16-22(29)27-14-12-26(13-15-27)19-7-3-2-6-18(19)25/h2-9,17H,10-16H2,1H3. The van der Waals surface area contributed by atoms with E-state index in [-0.39, 0.29) is 37.2 Å². The van der Waals surface area contributed by atoms with Gasteiger partial charge in [0.1, 0.15) is 11.6 Å². The van der Waals surface area contributed by atoms with Crippen LogP contribution in [0.5, 0.6) is 5.75 Å². The molecule has 174 valence electrons. The van der Waals surface area contributed by atoms with E-state index in [9.17, 15) is 18.8 Å². The first-order valence-electron chi connectivity index (χ1n) is 10.9. The summed E-state index contributed by atoms with van der Waals surface area (Å²) >= 11 is 0.